The quantitative estimate of drug-likeness (QED) is 0.815. The van der Waals surface area contributed by atoms with Crippen molar-refractivity contribution >= 4 is 10.0 Å². The van der Waals surface area contributed by atoms with E-state index in [0.29, 0.717) is 12.8 Å². The van der Waals surface area contributed by atoms with Gasteiger partial charge in [-0.2, -0.15) is 0 Å². The zero-order valence-electron chi connectivity index (χ0n) is 11.5. The molecule has 2 rings (SSSR count). The third-order valence-electron chi connectivity index (χ3n) is 3.62. The van der Waals surface area contributed by atoms with Crippen LogP contribution in [0.5, 0.6) is 11.5 Å². The Morgan fingerprint density at radius 2 is 1.80 bits per heavy atom. The van der Waals surface area contributed by atoms with Crippen molar-refractivity contribution < 1.29 is 23.0 Å². The van der Waals surface area contributed by atoms with E-state index in [1.165, 1.54) is 14.2 Å². The number of rotatable bonds is 6. The molecule has 7 heteroatoms. The topological polar surface area (TPSA) is 84.9 Å². The van der Waals surface area contributed by atoms with Crippen LogP contribution in [-0.2, 0) is 10.0 Å². The summed E-state index contributed by atoms with van der Waals surface area (Å²) >= 11 is 0. The first-order valence-electron chi connectivity index (χ1n) is 6.34. The van der Waals surface area contributed by atoms with Gasteiger partial charge in [-0.25, -0.2) is 13.1 Å². The summed E-state index contributed by atoms with van der Waals surface area (Å²) in [5, 5.41) is 9.41. The van der Waals surface area contributed by atoms with Crippen LogP contribution >= 0.6 is 0 Å². The van der Waals surface area contributed by atoms with Crippen molar-refractivity contribution in [2.45, 2.75) is 29.7 Å². The van der Waals surface area contributed by atoms with E-state index in [1.807, 2.05) is 0 Å². The van der Waals surface area contributed by atoms with Crippen molar-refractivity contribution in [2.75, 3.05) is 20.8 Å². The van der Waals surface area contributed by atoms with E-state index in [1.54, 1.807) is 18.2 Å². The van der Waals surface area contributed by atoms with Crippen LogP contribution in [0.3, 0.4) is 0 Å². The molecule has 0 radical (unpaired) electrons. The molecule has 2 N–H and O–H groups in total. The normalized spacial score (nSPS) is 17.4. The zero-order valence-corrected chi connectivity index (χ0v) is 12.4. The van der Waals surface area contributed by atoms with E-state index in [4.69, 9.17) is 9.47 Å². The van der Waals surface area contributed by atoms with Crippen LogP contribution in [0.4, 0.5) is 0 Å². The van der Waals surface area contributed by atoms with Crippen LogP contribution < -0.4 is 14.2 Å². The summed E-state index contributed by atoms with van der Waals surface area (Å²) in [5.41, 5.74) is -0.759. The van der Waals surface area contributed by atoms with Gasteiger partial charge in [0, 0.05) is 0 Å². The van der Waals surface area contributed by atoms with E-state index in [2.05, 4.69) is 4.72 Å². The Labute approximate surface area is 118 Å². The van der Waals surface area contributed by atoms with Crippen LogP contribution in [0.15, 0.2) is 23.1 Å². The molecule has 1 aliphatic rings. The SMILES string of the molecule is COc1cccc(OC)c1S(=O)(=O)NC1(CO)CCC1. The molecule has 20 heavy (non-hydrogen) atoms. The molecule has 0 aliphatic heterocycles. The van der Waals surface area contributed by atoms with Gasteiger partial charge in [-0.15, -0.1) is 0 Å². The highest BCUT2D eigenvalue weighted by molar-refractivity contribution is 7.89. The Hall–Kier alpha value is -1.31. The molecular formula is C13H19NO5S. The molecule has 1 aliphatic carbocycles. The van der Waals surface area contributed by atoms with Gasteiger partial charge in [-0.05, 0) is 31.4 Å². The number of hydrogen-bond acceptors (Lipinski definition) is 5. The molecule has 0 amide bonds. The maximum absolute atomic E-state index is 12.6. The monoisotopic (exact) mass is 301 g/mol. The van der Waals surface area contributed by atoms with E-state index >= 15 is 0 Å². The second-order valence-corrected chi connectivity index (χ2v) is 6.51. The number of aliphatic hydroxyl groups is 1. The maximum Gasteiger partial charge on any atom is 0.248 e. The molecule has 1 fully saturated rings. The fourth-order valence-electron chi connectivity index (χ4n) is 2.31. The molecule has 0 atom stereocenters. The lowest BCUT2D eigenvalue weighted by Crippen LogP contribution is -2.56. The largest absolute Gasteiger partial charge is 0.495 e. The molecule has 0 spiro atoms. The average molecular weight is 301 g/mol. The van der Waals surface area contributed by atoms with Crippen LogP contribution in [-0.4, -0.2) is 39.9 Å². The molecule has 112 valence electrons. The Kier molecular flexibility index (Phi) is 4.22. The molecule has 0 heterocycles. The summed E-state index contributed by atoms with van der Waals surface area (Å²) in [7, 11) is -1.03. The van der Waals surface area contributed by atoms with Crippen LogP contribution in [0, 0.1) is 0 Å². The van der Waals surface area contributed by atoms with Crippen molar-refractivity contribution in [3.05, 3.63) is 18.2 Å². The summed E-state index contributed by atoms with van der Waals surface area (Å²) in [4.78, 5) is -0.0373. The van der Waals surface area contributed by atoms with Crippen molar-refractivity contribution in [1.82, 2.24) is 4.72 Å². The van der Waals surface area contributed by atoms with Crippen molar-refractivity contribution in [3.63, 3.8) is 0 Å². The summed E-state index contributed by atoms with van der Waals surface area (Å²) in [6.45, 7) is -0.219. The highest BCUT2D eigenvalue weighted by atomic mass is 32.2. The molecular weight excluding hydrogens is 282 g/mol. The standard InChI is InChI=1S/C13H19NO5S/c1-18-10-5-3-6-11(19-2)12(10)20(16,17)14-13(9-15)7-4-8-13/h3,5-6,14-15H,4,7-9H2,1-2H3. The van der Waals surface area contributed by atoms with Gasteiger partial charge in [0.25, 0.3) is 0 Å². The first-order chi connectivity index (χ1) is 9.48. The summed E-state index contributed by atoms with van der Waals surface area (Å²) in [5.74, 6) is 0.425. The lowest BCUT2D eigenvalue weighted by Gasteiger charge is -2.40. The second kappa shape index (κ2) is 5.59. The van der Waals surface area contributed by atoms with Crippen molar-refractivity contribution in [2.24, 2.45) is 0 Å². The maximum atomic E-state index is 12.6. The molecule has 0 aromatic heterocycles. The zero-order chi connectivity index (χ0) is 14.8. The molecule has 0 unspecified atom stereocenters. The van der Waals surface area contributed by atoms with Crippen LogP contribution in [0.2, 0.25) is 0 Å². The van der Waals surface area contributed by atoms with Gasteiger partial charge in [-0.1, -0.05) is 6.07 Å². The third-order valence-corrected chi connectivity index (χ3v) is 5.26. The number of sulfonamides is 1. The lowest BCUT2D eigenvalue weighted by atomic mass is 9.78. The van der Waals surface area contributed by atoms with Crippen LogP contribution in [0.1, 0.15) is 19.3 Å². The Morgan fingerprint density at radius 1 is 1.25 bits per heavy atom. The van der Waals surface area contributed by atoms with Gasteiger partial charge in [0.15, 0.2) is 4.90 Å². The fourth-order valence-corrected chi connectivity index (χ4v) is 4.09. The Balaban J connectivity index is 2.43. The molecule has 6 nitrogen and oxygen atoms in total. The lowest BCUT2D eigenvalue weighted by molar-refractivity contribution is 0.110. The van der Waals surface area contributed by atoms with Gasteiger partial charge in [-0.3, -0.25) is 0 Å². The summed E-state index contributed by atoms with van der Waals surface area (Å²) < 4.78 is 38.0. The third kappa shape index (κ3) is 2.61. The number of benzene rings is 1. The number of nitrogens with one attached hydrogen (secondary N) is 1. The molecule has 1 aromatic carbocycles. The average Bonchev–Trinajstić information content (AvgIpc) is 2.41. The first kappa shape index (κ1) is 15.1. The van der Waals surface area contributed by atoms with Crippen molar-refractivity contribution in [1.29, 1.82) is 0 Å². The number of aliphatic hydroxyl groups excluding tert-OH is 1. The second-order valence-electron chi connectivity index (χ2n) is 4.89. The minimum absolute atomic E-state index is 0.0373. The highest BCUT2D eigenvalue weighted by Crippen LogP contribution is 2.37. The Morgan fingerprint density at radius 3 is 2.15 bits per heavy atom. The van der Waals surface area contributed by atoms with E-state index in [9.17, 15) is 13.5 Å². The molecule has 1 saturated carbocycles. The van der Waals surface area contributed by atoms with Crippen LogP contribution in [0.25, 0.3) is 0 Å². The van der Waals surface area contributed by atoms with E-state index < -0.39 is 15.6 Å². The number of hydrogen-bond donors (Lipinski definition) is 2. The minimum Gasteiger partial charge on any atom is -0.495 e. The predicted molar refractivity (Wildman–Crippen MR) is 73.5 cm³/mol. The van der Waals surface area contributed by atoms with Gasteiger partial charge in [0.05, 0.1) is 26.4 Å². The first-order valence-corrected chi connectivity index (χ1v) is 7.82. The number of methoxy groups -OCH3 is 2. The minimum atomic E-state index is -3.84. The molecule has 0 bridgehead atoms. The Bertz CT molecular complexity index is 553. The fraction of sp³-hybridized carbons (Fsp3) is 0.538. The summed E-state index contributed by atoms with van der Waals surface area (Å²) in [6.07, 6.45) is 2.15. The summed E-state index contributed by atoms with van der Waals surface area (Å²) in [6, 6.07) is 4.77. The van der Waals surface area contributed by atoms with E-state index in [0.717, 1.165) is 6.42 Å². The van der Waals surface area contributed by atoms with E-state index in [-0.39, 0.29) is 23.0 Å². The predicted octanol–water partition coefficient (Wildman–Crippen LogP) is 0.897. The van der Waals surface area contributed by atoms with Gasteiger partial charge in [0.1, 0.15) is 11.5 Å². The smallest absolute Gasteiger partial charge is 0.248 e. The molecule has 1 aromatic rings. The van der Waals surface area contributed by atoms with Crippen molar-refractivity contribution in [3.8, 4) is 11.5 Å². The highest BCUT2D eigenvalue weighted by Gasteiger charge is 2.41. The van der Waals surface area contributed by atoms with Gasteiger partial charge >= 0.3 is 0 Å². The molecule has 0 saturated heterocycles. The van der Waals surface area contributed by atoms with Gasteiger partial charge in [0.2, 0.25) is 10.0 Å². The van der Waals surface area contributed by atoms with Gasteiger partial charge < -0.3 is 14.6 Å². The number of ether oxygens (including phenoxy) is 2.